The second-order valence-electron chi connectivity index (χ2n) is 3.73. The molecule has 1 aromatic heterocycles. The maximum Gasteiger partial charge on any atom is 0.152 e. The van der Waals surface area contributed by atoms with Gasteiger partial charge in [0.2, 0.25) is 0 Å². The quantitative estimate of drug-likeness (QED) is 0.794. The predicted octanol–water partition coefficient (Wildman–Crippen LogP) is 3.61. The summed E-state index contributed by atoms with van der Waals surface area (Å²) in [7, 11) is 0. The zero-order valence-electron chi connectivity index (χ0n) is 9.53. The number of nitrogens with zero attached hydrogens (tertiary/aromatic N) is 3. The van der Waals surface area contributed by atoms with Crippen molar-refractivity contribution in [3.8, 4) is 5.69 Å². The van der Waals surface area contributed by atoms with Crippen LogP contribution in [0.5, 0.6) is 0 Å². The molecule has 0 radical (unpaired) electrons. The van der Waals surface area contributed by atoms with Crippen LogP contribution in [0.15, 0.2) is 24.3 Å². The highest BCUT2D eigenvalue weighted by atomic mass is 35.5. The number of halogens is 2. The first-order valence-electron chi connectivity index (χ1n) is 5.51. The van der Waals surface area contributed by atoms with Crippen molar-refractivity contribution in [3.63, 3.8) is 0 Å². The predicted molar refractivity (Wildman–Crippen MR) is 69.9 cm³/mol. The smallest absolute Gasteiger partial charge is 0.152 e. The Morgan fingerprint density at radius 3 is 2.35 bits per heavy atom. The van der Waals surface area contributed by atoms with Crippen LogP contribution in [0, 0.1) is 0 Å². The largest absolute Gasteiger partial charge is 0.282 e. The highest BCUT2D eigenvalue weighted by molar-refractivity contribution is 6.30. The average Bonchev–Trinajstić information content (AvgIpc) is 2.74. The van der Waals surface area contributed by atoms with Crippen LogP contribution in [-0.2, 0) is 12.3 Å². The second kappa shape index (κ2) is 5.52. The van der Waals surface area contributed by atoms with Gasteiger partial charge in [0.1, 0.15) is 5.82 Å². The van der Waals surface area contributed by atoms with Crippen LogP contribution in [0.3, 0.4) is 0 Å². The molecule has 2 aromatic rings. The third-order valence-corrected chi connectivity index (χ3v) is 2.97. The molecule has 2 rings (SSSR count). The van der Waals surface area contributed by atoms with E-state index in [4.69, 9.17) is 23.2 Å². The molecule has 5 heteroatoms. The number of benzene rings is 1. The zero-order valence-corrected chi connectivity index (χ0v) is 11.0. The molecule has 0 N–H and O–H groups in total. The monoisotopic (exact) mass is 269 g/mol. The Morgan fingerprint density at radius 2 is 1.76 bits per heavy atom. The number of hydrogen-bond donors (Lipinski definition) is 0. The summed E-state index contributed by atoms with van der Waals surface area (Å²) in [4.78, 5) is 0. The van der Waals surface area contributed by atoms with E-state index in [-0.39, 0.29) is 0 Å². The molecule has 0 atom stereocenters. The summed E-state index contributed by atoms with van der Waals surface area (Å²) in [5.74, 6) is 2.04. The van der Waals surface area contributed by atoms with E-state index in [0.717, 1.165) is 30.2 Å². The third-order valence-electron chi connectivity index (χ3n) is 2.48. The Hall–Kier alpha value is -1.06. The normalized spacial score (nSPS) is 10.8. The first kappa shape index (κ1) is 12.4. The van der Waals surface area contributed by atoms with Crippen LogP contribution in [-0.4, -0.2) is 14.8 Å². The van der Waals surface area contributed by atoms with Crippen LogP contribution >= 0.6 is 23.2 Å². The maximum absolute atomic E-state index is 5.88. The van der Waals surface area contributed by atoms with E-state index < -0.39 is 0 Å². The molecule has 0 bridgehead atoms. The van der Waals surface area contributed by atoms with Gasteiger partial charge in [0.05, 0.1) is 5.88 Å². The second-order valence-corrected chi connectivity index (χ2v) is 4.43. The summed E-state index contributed by atoms with van der Waals surface area (Å²) >= 11 is 11.8. The van der Waals surface area contributed by atoms with Gasteiger partial charge in [-0.1, -0.05) is 18.5 Å². The van der Waals surface area contributed by atoms with Crippen molar-refractivity contribution in [2.75, 3.05) is 0 Å². The van der Waals surface area contributed by atoms with Gasteiger partial charge in [-0.25, -0.2) is 0 Å². The van der Waals surface area contributed by atoms with Gasteiger partial charge in [-0.05, 0) is 30.7 Å². The van der Waals surface area contributed by atoms with Crippen LogP contribution in [0.1, 0.15) is 25.0 Å². The number of aromatic nitrogens is 3. The van der Waals surface area contributed by atoms with Crippen molar-refractivity contribution in [2.45, 2.75) is 25.6 Å². The van der Waals surface area contributed by atoms with Gasteiger partial charge < -0.3 is 0 Å². The van der Waals surface area contributed by atoms with Crippen LogP contribution < -0.4 is 0 Å². The molecule has 0 aliphatic carbocycles. The van der Waals surface area contributed by atoms with Crippen LogP contribution in [0.25, 0.3) is 5.69 Å². The highest BCUT2D eigenvalue weighted by Gasteiger charge is 2.12. The first-order chi connectivity index (χ1) is 8.26. The average molecular weight is 270 g/mol. The van der Waals surface area contributed by atoms with Gasteiger partial charge in [0.15, 0.2) is 5.82 Å². The highest BCUT2D eigenvalue weighted by Crippen LogP contribution is 2.18. The Kier molecular flexibility index (Phi) is 4.02. The van der Waals surface area contributed by atoms with Crippen molar-refractivity contribution in [3.05, 3.63) is 40.9 Å². The van der Waals surface area contributed by atoms with E-state index in [0.29, 0.717) is 10.9 Å². The molecular formula is C12H13Cl2N3. The molecule has 0 saturated heterocycles. The third kappa shape index (κ3) is 2.61. The summed E-state index contributed by atoms with van der Waals surface area (Å²) in [6, 6.07) is 7.59. The van der Waals surface area contributed by atoms with Gasteiger partial charge in [-0.15, -0.1) is 21.8 Å². The van der Waals surface area contributed by atoms with Gasteiger partial charge in [0, 0.05) is 17.1 Å². The van der Waals surface area contributed by atoms with Crippen LogP contribution in [0.2, 0.25) is 5.02 Å². The molecular weight excluding hydrogens is 257 g/mol. The molecule has 1 aromatic carbocycles. The van der Waals surface area contributed by atoms with Crippen molar-refractivity contribution in [2.24, 2.45) is 0 Å². The Labute approximate surface area is 110 Å². The summed E-state index contributed by atoms with van der Waals surface area (Å²) in [6.07, 6.45) is 1.90. The van der Waals surface area contributed by atoms with Gasteiger partial charge in [0.25, 0.3) is 0 Å². The lowest BCUT2D eigenvalue weighted by Gasteiger charge is -2.08. The summed E-state index contributed by atoms with van der Waals surface area (Å²) in [5.41, 5.74) is 0.999. The lowest BCUT2D eigenvalue weighted by Crippen LogP contribution is -2.04. The molecule has 3 nitrogen and oxygen atoms in total. The van der Waals surface area contributed by atoms with Gasteiger partial charge >= 0.3 is 0 Å². The first-order valence-corrected chi connectivity index (χ1v) is 6.42. The number of alkyl halides is 1. The van der Waals surface area contributed by atoms with E-state index in [2.05, 4.69) is 17.1 Å². The van der Waals surface area contributed by atoms with Gasteiger partial charge in [-0.3, -0.25) is 4.57 Å². The van der Waals surface area contributed by atoms with Crippen molar-refractivity contribution in [1.82, 2.24) is 14.8 Å². The fraction of sp³-hybridized carbons (Fsp3) is 0.333. The minimum atomic E-state index is 0.347. The lowest BCUT2D eigenvalue weighted by molar-refractivity contribution is 0.796. The molecule has 0 spiro atoms. The molecule has 0 aliphatic rings. The molecule has 90 valence electrons. The topological polar surface area (TPSA) is 30.7 Å². The molecule has 1 heterocycles. The van der Waals surface area contributed by atoms with Crippen molar-refractivity contribution >= 4 is 23.2 Å². The molecule has 0 fully saturated rings. The van der Waals surface area contributed by atoms with Crippen molar-refractivity contribution in [1.29, 1.82) is 0 Å². The van der Waals surface area contributed by atoms with Crippen LogP contribution in [0.4, 0.5) is 0 Å². The standard InChI is InChI=1S/C12H13Cl2N3/c1-2-3-11-15-16-12(8-13)17(11)10-6-4-9(14)5-7-10/h4-7H,2-3,8H2,1H3. The fourth-order valence-electron chi connectivity index (χ4n) is 1.71. The number of rotatable bonds is 4. The minimum absolute atomic E-state index is 0.347. The summed E-state index contributed by atoms with van der Waals surface area (Å²) in [5, 5.41) is 8.99. The van der Waals surface area contributed by atoms with E-state index in [9.17, 15) is 0 Å². The lowest BCUT2D eigenvalue weighted by atomic mass is 10.2. The maximum atomic E-state index is 5.88. The molecule has 0 amide bonds. The molecule has 0 saturated carbocycles. The SMILES string of the molecule is CCCc1nnc(CCl)n1-c1ccc(Cl)cc1. The van der Waals surface area contributed by atoms with E-state index in [1.165, 1.54) is 0 Å². The number of aryl methyl sites for hydroxylation is 1. The Balaban J connectivity index is 2.47. The molecule has 0 unspecified atom stereocenters. The fourth-order valence-corrected chi connectivity index (χ4v) is 2.01. The van der Waals surface area contributed by atoms with E-state index in [1.807, 2.05) is 28.8 Å². The summed E-state index contributed by atoms with van der Waals surface area (Å²) in [6.45, 7) is 2.11. The molecule has 0 aliphatic heterocycles. The van der Waals surface area contributed by atoms with Crippen molar-refractivity contribution < 1.29 is 0 Å². The van der Waals surface area contributed by atoms with Gasteiger partial charge in [-0.2, -0.15) is 0 Å². The number of hydrogen-bond acceptors (Lipinski definition) is 2. The Bertz CT molecular complexity index is 491. The zero-order chi connectivity index (χ0) is 12.3. The summed E-state index contributed by atoms with van der Waals surface area (Å²) < 4.78 is 1.99. The van der Waals surface area contributed by atoms with E-state index >= 15 is 0 Å². The van der Waals surface area contributed by atoms with E-state index in [1.54, 1.807) is 0 Å². The molecule has 17 heavy (non-hydrogen) atoms. The minimum Gasteiger partial charge on any atom is -0.282 e. The Morgan fingerprint density at radius 1 is 1.12 bits per heavy atom.